The van der Waals surface area contributed by atoms with Crippen LogP contribution in [0.4, 0.5) is 13.2 Å². The lowest BCUT2D eigenvalue weighted by molar-refractivity contribution is -0.141. The number of sulfone groups is 1. The molecule has 3 rings (SSSR count). The number of hydrogen-bond acceptors (Lipinski definition) is 6. The topological polar surface area (TPSA) is 82.5 Å². The molecule has 29 heavy (non-hydrogen) atoms. The average molecular weight is 452 g/mol. The van der Waals surface area contributed by atoms with Crippen LogP contribution in [0.5, 0.6) is 11.6 Å². The fraction of sp³-hybridized carbons (Fsp3) is 0.353. The van der Waals surface area contributed by atoms with Gasteiger partial charge in [0.15, 0.2) is 20.6 Å². The molecule has 0 bridgehead atoms. The van der Waals surface area contributed by atoms with Gasteiger partial charge in [0, 0.05) is 7.05 Å². The standard InChI is InChI=1S/C17H17ClF3N3O4S/c1-16(2)8-13(23-28-16)29(25,26)9-10-14(17(19,20)21)22-24(3)15(10)27-12-7-5-4-6-11(12)18/h4-8,23H,9H2,1-3H3. The number of nitrogens with zero attached hydrogens (tertiary/aromatic N) is 2. The predicted molar refractivity (Wildman–Crippen MR) is 98.7 cm³/mol. The van der Waals surface area contributed by atoms with Gasteiger partial charge in [0.05, 0.1) is 16.3 Å². The van der Waals surface area contributed by atoms with E-state index in [9.17, 15) is 21.6 Å². The Morgan fingerprint density at radius 3 is 2.52 bits per heavy atom. The average Bonchev–Trinajstić information content (AvgIpc) is 3.10. The molecule has 12 heteroatoms. The fourth-order valence-electron chi connectivity index (χ4n) is 2.65. The lowest BCUT2D eigenvalue weighted by atomic mass is 10.1. The summed E-state index contributed by atoms with van der Waals surface area (Å²) in [5.41, 5.74) is -0.665. The van der Waals surface area contributed by atoms with Crippen LogP contribution in [-0.2, 0) is 33.7 Å². The van der Waals surface area contributed by atoms with E-state index in [0.717, 1.165) is 4.68 Å². The summed E-state index contributed by atoms with van der Waals surface area (Å²) in [5, 5.41) is 3.25. The van der Waals surface area contributed by atoms with Gasteiger partial charge in [0.1, 0.15) is 11.4 Å². The van der Waals surface area contributed by atoms with E-state index < -0.39 is 38.6 Å². The Bertz CT molecular complexity index is 1080. The number of nitrogens with one attached hydrogen (secondary N) is 1. The summed E-state index contributed by atoms with van der Waals surface area (Å²) in [6, 6.07) is 6.12. The van der Waals surface area contributed by atoms with Gasteiger partial charge in [-0.15, -0.1) is 0 Å². The van der Waals surface area contributed by atoms with Crippen LogP contribution >= 0.6 is 11.6 Å². The largest absolute Gasteiger partial charge is 0.437 e. The summed E-state index contributed by atoms with van der Waals surface area (Å²) < 4.78 is 72.4. The Balaban J connectivity index is 2.08. The first-order valence-corrected chi connectivity index (χ1v) is 10.3. The summed E-state index contributed by atoms with van der Waals surface area (Å²) >= 11 is 6.01. The number of ether oxygens (including phenoxy) is 1. The van der Waals surface area contributed by atoms with E-state index in [2.05, 4.69) is 10.6 Å². The van der Waals surface area contributed by atoms with Crippen LogP contribution in [0, 0.1) is 0 Å². The third-order valence-electron chi connectivity index (χ3n) is 3.96. The van der Waals surface area contributed by atoms with Gasteiger partial charge in [-0.2, -0.15) is 18.3 Å². The molecule has 0 atom stereocenters. The van der Waals surface area contributed by atoms with Crippen molar-refractivity contribution in [1.29, 1.82) is 0 Å². The number of aromatic nitrogens is 2. The van der Waals surface area contributed by atoms with E-state index in [1.807, 2.05) is 0 Å². The Morgan fingerprint density at radius 1 is 1.31 bits per heavy atom. The van der Waals surface area contributed by atoms with Crippen LogP contribution < -0.4 is 10.2 Å². The highest BCUT2D eigenvalue weighted by Gasteiger charge is 2.42. The maximum atomic E-state index is 13.5. The van der Waals surface area contributed by atoms with Crippen LogP contribution in [0.2, 0.25) is 5.02 Å². The maximum Gasteiger partial charge on any atom is 0.435 e. The van der Waals surface area contributed by atoms with Crippen molar-refractivity contribution in [2.24, 2.45) is 7.05 Å². The molecular weight excluding hydrogens is 435 g/mol. The first-order chi connectivity index (χ1) is 13.3. The van der Waals surface area contributed by atoms with Gasteiger partial charge in [0.25, 0.3) is 0 Å². The highest BCUT2D eigenvalue weighted by molar-refractivity contribution is 7.94. The minimum absolute atomic E-state index is 0.0622. The minimum Gasteiger partial charge on any atom is -0.437 e. The normalized spacial score (nSPS) is 16.4. The van der Waals surface area contributed by atoms with Crippen LogP contribution in [0.3, 0.4) is 0 Å². The SMILES string of the molecule is Cn1nc(C(F)(F)F)c(CS(=O)(=O)C2=CC(C)(C)ON2)c1Oc1ccccc1Cl. The Hall–Kier alpha value is -2.24. The number of hydroxylamine groups is 1. The zero-order valence-electron chi connectivity index (χ0n) is 15.5. The molecule has 158 valence electrons. The molecule has 0 unspecified atom stereocenters. The fourth-order valence-corrected chi connectivity index (χ4v) is 4.25. The van der Waals surface area contributed by atoms with Crippen molar-refractivity contribution >= 4 is 21.4 Å². The lowest BCUT2D eigenvalue weighted by Gasteiger charge is -2.12. The Labute approximate surface area is 169 Å². The number of aryl methyl sites for hydroxylation is 1. The Kier molecular flexibility index (Phi) is 5.35. The molecule has 1 aromatic carbocycles. The van der Waals surface area contributed by atoms with Crippen LogP contribution in [0.1, 0.15) is 25.1 Å². The van der Waals surface area contributed by atoms with Crippen LogP contribution in [0.25, 0.3) is 0 Å². The van der Waals surface area contributed by atoms with Gasteiger partial charge in [0.2, 0.25) is 5.88 Å². The van der Waals surface area contributed by atoms with Gasteiger partial charge in [-0.3, -0.25) is 10.3 Å². The van der Waals surface area contributed by atoms with Crippen molar-refractivity contribution in [1.82, 2.24) is 15.3 Å². The van der Waals surface area contributed by atoms with Crippen molar-refractivity contribution in [2.75, 3.05) is 0 Å². The van der Waals surface area contributed by atoms with Crippen molar-refractivity contribution in [2.45, 2.75) is 31.4 Å². The van der Waals surface area contributed by atoms with Gasteiger partial charge in [-0.25, -0.2) is 13.1 Å². The number of halogens is 4. The van der Waals surface area contributed by atoms with Gasteiger partial charge >= 0.3 is 6.18 Å². The molecule has 0 saturated heterocycles. The molecule has 1 N–H and O–H groups in total. The van der Waals surface area contributed by atoms with Crippen molar-refractivity contribution in [3.05, 3.63) is 51.7 Å². The van der Waals surface area contributed by atoms with Crippen LogP contribution in [0.15, 0.2) is 35.4 Å². The number of hydrogen-bond donors (Lipinski definition) is 1. The summed E-state index contributed by atoms with van der Waals surface area (Å²) in [4.78, 5) is 5.11. The highest BCUT2D eigenvalue weighted by Crippen LogP contribution is 2.40. The molecule has 0 radical (unpaired) electrons. The predicted octanol–water partition coefficient (Wildman–Crippen LogP) is 3.95. The molecule has 1 aliphatic heterocycles. The minimum atomic E-state index is -4.89. The van der Waals surface area contributed by atoms with E-state index in [0.29, 0.717) is 0 Å². The number of alkyl halides is 3. The second kappa shape index (κ2) is 7.22. The second-order valence-electron chi connectivity index (χ2n) is 6.86. The van der Waals surface area contributed by atoms with Crippen LogP contribution in [-0.4, -0.2) is 23.8 Å². The van der Waals surface area contributed by atoms with E-state index in [-0.39, 0.29) is 21.7 Å². The second-order valence-corrected chi connectivity index (χ2v) is 9.23. The zero-order chi connectivity index (χ0) is 21.6. The van der Waals surface area contributed by atoms with E-state index in [1.165, 1.54) is 25.3 Å². The molecule has 2 heterocycles. The van der Waals surface area contributed by atoms with E-state index >= 15 is 0 Å². The molecule has 0 amide bonds. The highest BCUT2D eigenvalue weighted by atomic mass is 35.5. The van der Waals surface area contributed by atoms with Gasteiger partial charge in [-0.1, -0.05) is 23.7 Å². The molecular formula is C17H17ClF3N3O4S. The van der Waals surface area contributed by atoms with E-state index in [1.54, 1.807) is 26.0 Å². The van der Waals surface area contributed by atoms with Gasteiger partial charge < -0.3 is 4.74 Å². The molecule has 0 spiro atoms. The third kappa shape index (κ3) is 4.51. The smallest absolute Gasteiger partial charge is 0.435 e. The monoisotopic (exact) mass is 451 g/mol. The molecule has 0 saturated carbocycles. The number of benzene rings is 1. The summed E-state index contributed by atoms with van der Waals surface area (Å²) in [5.74, 6) is -1.33. The summed E-state index contributed by atoms with van der Waals surface area (Å²) in [6.45, 7) is 3.19. The van der Waals surface area contributed by atoms with E-state index in [4.69, 9.17) is 21.2 Å². The summed E-state index contributed by atoms with van der Waals surface area (Å²) in [6.07, 6.45) is -3.61. The molecule has 1 aliphatic rings. The van der Waals surface area contributed by atoms with Crippen molar-refractivity contribution in [3.8, 4) is 11.6 Å². The third-order valence-corrected chi connectivity index (χ3v) is 5.81. The number of rotatable bonds is 5. The molecule has 0 aliphatic carbocycles. The van der Waals surface area contributed by atoms with Crippen molar-refractivity contribution < 1.29 is 31.2 Å². The first kappa shape index (κ1) is 21.5. The molecule has 7 nitrogen and oxygen atoms in total. The van der Waals surface area contributed by atoms with Gasteiger partial charge in [-0.05, 0) is 32.1 Å². The summed E-state index contributed by atoms with van der Waals surface area (Å²) in [7, 11) is -3.00. The molecule has 2 aromatic rings. The molecule has 1 aromatic heterocycles. The number of para-hydroxylation sites is 1. The maximum absolute atomic E-state index is 13.5. The zero-order valence-corrected chi connectivity index (χ0v) is 17.1. The first-order valence-electron chi connectivity index (χ1n) is 8.25. The lowest BCUT2D eigenvalue weighted by Crippen LogP contribution is -2.23. The quantitative estimate of drug-likeness (QED) is 0.741. The van der Waals surface area contributed by atoms with Crippen molar-refractivity contribution in [3.63, 3.8) is 0 Å². The Morgan fingerprint density at radius 2 is 1.97 bits per heavy atom. The molecule has 0 fully saturated rings.